The van der Waals surface area contributed by atoms with E-state index in [9.17, 15) is 0 Å². The molecule has 0 fully saturated rings. The van der Waals surface area contributed by atoms with Gasteiger partial charge < -0.3 is 0 Å². The molecular weight excluding hydrogens is 343 g/mol. The molecule has 0 amide bonds. The minimum absolute atomic E-state index is 0.153. The summed E-state index contributed by atoms with van der Waals surface area (Å²) in [4.78, 5) is 0.153. The Kier molecular flexibility index (Phi) is 4.60. The highest BCUT2D eigenvalue weighted by Gasteiger charge is 2.16. The van der Waals surface area contributed by atoms with E-state index in [1.165, 1.54) is 22.3 Å². The van der Waals surface area contributed by atoms with Crippen molar-refractivity contribution in [1.82, 2.24) is 0 Å². The average molecular weight is 358 g/mol. The Balaban J connectivity index is 2.49. The number of rotatable bonds is 2. The van der Waals surface area contributed by atoms with Crippen LogP contribution in [0, 0.1) is 20.8 Å². The lowest BCUT2D eigenvalue weighted by atomic mass is 9.96. The molecular formula is C16H15BrCl2. The van der Waals surface area contributed by atoms with Crippen LogP contribution >= 0.6 is 39.1 Å². The molecule has 19 heavy (non-hydrogen) atoms. The molecule has 0 bridgehead atoms. The van der Waals surface area contributed by atoms with Gasteiger partial charge in [-0.05, 0) is 66.8 Å². The van der Waals surface area contributed by atoms with Crippen molar-refractivity contribution >= 4 is 39.1 Å². The lowest BCUT2D eigenvalue weighted by molar-refractivity contribution is 1.11. The lowest BCUT2D eigenvalue weighted by Crippen LogP contribution is -1.99. The molecule has 0 heterocycles. The molecule has 0 nitrogen and oxygen atoms in total. The second-order valence-electron chi connectivity index (χ2n) is 4.82. The minimum Gasteiger partial charge on any atom is -0.0843 e. The van der Waals surface area contributed by atoms with Gasteiger partial charge in [0.25, 0.3) is 0 Å². The maximum absolute atomic E-state index is 6.16. The van der Waals surface area contributed by atoms with Gasteiger partial charge in [-0.15, -0.1) is 0 Å². The molecule has 0 N–H and O–H groups in total. The number of alkyl halides is 1. The zero-order chi connectivity index (χ0) is 14.2. The monoisotopic (exact) mass is 356 g/mol. The van der Waals surface area contributed by atoms with Crippen LogP contribution in [0.3, 0.4) is 0 Å². The molecule has 0 saturated heterocycles. The topological polar surface area (TPSA) is 0 Å². The van der Waals surface area contributed by atoms with Crippen LogP contribution in [0.2, 0.25) is 10.0 Å². The van der Waals surface area contributed by atoms with Crippen molar-refractivity contribution in [2.45, 2.75) is 25.6 Å². The third-order valence-electron chi connectivity index (χ3n) is 3.33. The number of hydrogen-bond acceptors (Lipinski definition) is 0. The Morgan fingerprint density at radius 1 is 0.842 bits per heavy atom. The van der Waals surface area contributed by atoms with E-state index in [2.05, 4.69) is 41.9 Å². The molecule has 0 aromatic heterocycles. The van der Waals surface area contributed by atoms with E-state index in [0.29, 0.717) is 0 Å². The summed E-state index contributed by atoms with van der Waals surface area (Å²) >= 11 is 16.0. The Morgan fingerprint density at radius 3 is 2.11 bits per heavy atom. The fraction of sp³-hybridized carbons (Fsp3) is 0.250. The molecule has 0 saturated carbocycles. The highest BCUT2D eigenvalue weighted by Crippen LogP contribution is 2.37. The first-order valence-electron chi connectivity index (χ1n) is 6.07. The van der Waals surface area contributed by atoms with Crippen molar-refractivity contribution in [2.24, 2.45) is 0 Å². The molecule has 0 radical (unpaired) electrons. The van der Waals surface area contributed by atoms with Gasteiger partial charge in [-0.1, -0.05) is 51.3 Å². The van der Waals surface area contributed by atoms with Gasteiger partial charge >= 0.3 is 0 Å². The molecule has 3 heteroatoms. The van der Waals surface area contributed by atoms with E-state index in [0.717, 1.165) is 15.6 Å². The molecule has 0 aliphatic carbocycles. The molecule has 1 unspecified atom stereocenters. The van der Waals surface area contributed by atoms with Gasteiger partial charge in [0.1, 0.15) is 0 Å². The van der Waals surface area contributed by atoms with Crippen LogP contribution in [0.4, 0.5) is 0 Å². The van der Waals surface area contributed by atoms with Crippen molar-refractivity contribution in [3.8, 4) is 0 Å². The van der Waals surface area contributed by atoms with E-state index < -0.39 is 0 Å². The van der Waals surface area contributed by atoms with Gasteiger partial charge in [0.15, 0.2) is 0 Å². The molecule has 0 aliphatic rings. The normalized spacial score (nSPS) is 12.5. The van der Waals surface area contributed by atoms with Crippen molar-refractivity contribution in [2.75, 3.05) is 0 Å². The van der Waals surface area contributed by atoms with E-state index in [-0.39, 0.29) is 4.83 Å². The number of aryl methyl sites for hydroxylation is 3. The second-order valence-corrected chi connectivity index (χ2v) is 6.58. The molecule has 2 aromatic rings. The summed E-state index contributed by atoms with van der Waals surface area (Å²) in [6.07, 6.45) is 0. The van der Waals surface area contributed by atoms with E-state index in [1.807, 2.05) is 25.1 Å². The van der Waals surface area contributed by atoms with Crippen LogP contribution in [0.5, 0.6) is 0 Å². The van der Waals surface area contributed by atoms with E-state index >= 15 is 0 Å². The summed E-state index contributed by atoms with van der Waals surface area (Å²) in [7, 11) is 0. The van der Waals surface area contributed by atoms with Crippen LogP contribution < -0.4 is 0 Å². The van der Waals surface area contributed by atoms with Gasteiger partial charge in [0.05, 0.1) is 4.83 Å². The molecule has 0 aliphatic heterocycles. The summed E-state index contributed by atoms with van der Waals surface area (Å²) in [6.45, 7) is 6.19. The minimum atomic E-state index is 0.153. The van der Waals surface area contributed by atoms with Crippen LogP contribution in [0.15, 0.2) is 30.3 Å². The van der Waals surface area contributed by atoms with Crippen LogP contribution in [0.25, 0.3) is 0 Å². The summed E-state index contributed by atoms with van der Waals surface area (Å²) in [6, 6.07) is 10.1. The average Bonchev–Trinajstić information content (AvgIpc) is 2.33. The summed E-state index contributed by atoms with van der Waals surface area (Å²) in [5, 5.41) is 1.58. The third kappa shape index (κ3) is 3.16. The Hall–Kier alpha value is -0.500. The fourth-order valence-electron chi connectivity index (χ4n) is 2.17. The van der Waals surface area contributed by atoms with Crippen LogP contribution in [-0.4, -0.2) is 0 Å². The van der Waals surface area contributed by atoms with Crippen molar-refractivity contribution < 1.29 is 0 Å². The Labute approximate surface area is 132 Å². The highest BCUT2D eigenvalue weighted by molar-refractivity contribution is 9.09. The first-order chi connectivity index (χ1) is 8.90. The van der Waals surface area contributed by atoms with Crippen molar-refractivity contribution in [1.29, 1.82) is 0 Å². The number of benzene rings is 2. The number of hydrogen-bond donors (Lipinski definition) is 0. The quantitative estimate of drug-likeness (QED) is 0.545. The maximum atomic E-state index is 6.16. The first kappa shape index (κ1) is 14.9. The molecule has 0 spiro atoms. The molecule has 2 rings (SSSR count). The Morgan fingerprint density at radius 2 is 1.47 bits per heavy atom. The molecule has 1 atom stereocenters. The SMILES string of the molecule is Cc1cc(C(Br)c2ccc(Cl)cc2C)c(C)cc1Cl. The van der Waals surface area contributed by atoms with E-state index in [1.54, 1.807) is 0 Å². The van der Waals surface area contributed by atoms with Crippen LogP contribution in [0.1, 0.15) is 32.6 Å². The van der Waals surface area contributed by atoms with E-state index in [4.69, 9.17) is 23.2 Å². The zero-order valence-electron chi connectivity index (χ0n) is 11.1. The summed E-state index contributed by atoms with van der Waals surface area (Å²) < 4.78 is 0. The summed E-state index contributed by atoms with van der Waals surface area (Å²) in [5.41, 5.74) is 5.94. The lowest BCUT2D eigenvalue weighted by Gasteiger charge is -2.17. The standard InChI is InChI=1S/C16H15BrCl2/c1-9-6-12(18)4-5-13(9)16(17)14-7-11(3)15(19)8-10(14)2/h4-8,16H,1-3H3. The number of halogens is 3. The van der Waals surface area contributed by atoms with Gasteiger partial charge in [-0.25, -0.2) is 0 Å². The molecule has 100 valence electrons. The zero-order valence-corrected chi connectivity index (χ0v) is 14.2. The first-order valence-corrected chi connectivity index (χ1v) is 7.74. The highest BCUT2D eigenvalue weighted by atomic mass is 79.9. The maximum Gasteiger partial charge on any atom is 0.0649 e. The van der Waals surface area contributed by atoms with Gasteiger partial charge in [-0.2, -0.15) is 0 Å². The van der Waals surface area contributed by atoms with Crippen LogP contribution in [-0.2, 0) is 0 Å². The predicted molar refractivity (Wildman–Crippen MR) is 87.9 cm³/mol. The fourth-order valence-corrected chi connectivity index (χ4v) is 3.62. The molecule has 2 aromatic carbocycles. The van der Waals surface area contributed by atoms with Crippen molar-refractivity contribution in [3.05, 3.63) is 68.2 Å². The van der Waals surface area contributed by atoms with Gasteiger partial charge in [0, 0.05) is 10.0 Å². The smallest absolute Gasteiger partial charge is 0.0649 e. The summed E-state index contributed by atoms with van der Waals surface area (Å²) in [5.74, 6) is 0. The van der Waals surface area contributed by atoms with Crippen molar-refractivity contribution in [3.63, 3.8) is 0 Å². The third-order valence-corrected chi connectivity index (χ3v) is 4.95. The second kappa shape index (κ2) is 5.87. The van der Waals surface area contributed by atoms with Gasteiger partial charge in [-0.3, -0.25) is 0 Å². The van der Waals surface area contributed by atoms with Gasteiger partial charge in [0.2, 0.25) is 0 Å². The largest absolute Gasteiger partial charge is 0.0843 e. The Bertz CT molecular complexity index is 620. The predicted octanol–water partition coefficient (Wildman–Crippen LogP) is 6.40.